The summed E-state index contributed by atoms with van der Waals surface area (Å²) in [7, 11) is 0. The third-order valence-electron chi connectivity index (χ3n) is 8.29. The molecule has 0 N–H and O–H groups in total. The Kier molecular flexibility index (Phi) is 4.96. The summed E-state index contributed by atoms with van der Waals surface area (Å²) in [4.78, 5) is 12.4. The maximum Gasteiger partial charge on any atom is 0.139 e. The number of fused-ring (bicyclic) bond motifs is 5. The van der Waals surface area contributed by atoms with Crippen LogP contribution in [0.15, 0.2) is 0 Å². The number of hydrogen-bond acceptors (Lipinski definition) is 1. The van der Waals surface area contributed by atoms with Gasteiger partial charge >= 0.3 is 0 Å². The van der Waals surface area contributed by atoms with Crippen LogP contribution in [0.1, 0.15) is 98.3 Å². The molecule has 4 aliphatic carbocycles. The molecule has 6 atom stereocenters. The molecule has 4 rings (SSSR count). The van der Waals surface area contributed by atoms with Crippen LogP contribution in [0.2, 0.25) is 0 Å². The average Bonchev–Trinajstić information content (AvgIpc) is 2.83. The predicted molar refractivity (Wildman–Crippen MR) is 97.3 cm³/mol. The van der Waals surface area contributed by atoms with Gasteiger partial charge in [-0.3, -0.25) is 4.79 Å². The Morgan fingerprint density at radius 3 is 2.39 bits per heavy atom. The topological polar surface area (TPSA) is 17.1 Å². The van der Waals surface area contributed by atoms with Crippen LogP contribution in [0.3, 0.4) is 0 Å². The second-order valence-electron chi connectivity index (χ2n) is 9.53. The minimum Gasteiger partial charge on any atom is -0.299 e. The molecule has 0 saturated heterocycles. The monoisotopic (exact) mass is 318 g/mol. The van der Waals surface area contributed by atoms with Gasteiger partial charge in [-0.15, -0.1) is 0 Å². The van der Waals surface area contributed by atoms with E-state index in [2.05, 4.69) is 27.7 Å². The molecule has 0 aliphatic heterocycles. The molecule has 6 unspecified atom stereocenters. The first kappa shape index (κ1) is 17.5. The van der Waals surface area contributed by atoms with Gasteiger partial charge < -0.3 is 0 Å². The summed E-state index contributed by atoms with van der Waals surface area (Å²) in [5.41, 5.74) is 0.688. The predicted octanol–water partition coefficient (Wildman–Crippen LogP) is 6.40. The fourth-order valence-corrected chi connectivity index (χ4v) is 7.07. The molecule has 0 spiro atoms. The molecule has 4 saturated carbocycles. The van der Waals surface area contributed by atoms with Crippen molar-refractivity contribution in [3.63, 3.8) is 0 Å². The van der Waals surface area contributed by atoms with Crippen molar-refractivity contribution in [1.29, 1.82) is 0 Å². The van der Waals surface area contributed by atoms with Crippen molar-refractivity contribution in [3.8, 4) is 0 Å². The SMILES string of the molecule is CC12CCC3C(CCC4CCCCC43C)C1CCC2=O.CCC. The smallest absolute Gasteiger partial charge is 0.139 e. The van der Waals surface area contributed by atoms with E-state index in [1.165, 1.54) is 64.2 Å². The van der Waals surface area contributed by atoms with Crippen molar-refractivity contribution < 1.29 is 4.79 Å². The summed E-state index contributed by atoms with van der Waals surface area (Å²) in [5.74, 6) is 4.13. The van der Waals surface area contributed by atoms with Crippen LogP contribution in [0.25, 0.3) is 0 Å². The van der Waals surface area contributed by atoms with E-state index >= 15 is 0 Å². The van der Waals surface area contributed by atoms with Gasteiger partial charge in [-0.1, -0.05) is 47.0 Å². The van der Waals surface area contributed by atoms with Crippen molar-refractivity contribution >= 4 is 5.78 Å². The Morgan fingerprint density at radius 1 is 0.913 bits per heavy atom. The molecule has 0 bridgehead atoms. The molecule has 1 nitrogen and oxygen atoms in total. The zero-order valence-corrected chi connectivity index (χ0v) is 16.0. The van der Waals surface area contributed by atoms with Gasteiger partial charge in [0, 0.05) is 11.8 Å². The highest BCUT2D eigenvalue weighted by Crippen LogP contribution is 2.65. The van der Waals surface area contributed by atoms with Gasteiger partial charge in [-0.2, -0.15) is 0 Å². The van der Waals surface area contributed by atoms with Gasteiger partial charge in [0.15, 0.2) is 0 Å². The highest BCUT2D eigenvalue weighted by atomic mass is 16.1. The maximum absolute atomic E-state index is 12.4. The number of carbonyl (C=O) groups excluding carboxylic acids is 1. The van der Waals surface area contributed by atoms with Gasteiger partial charge in [0.1, 0.15) is 5.78 Å². The lowest BCUT2D eigenvalue weighted by molar-refractivity contribution is -0.138. The lowest BCUT2D eigenvalue weighted by atomic mass is 9.45. The number of rotatable bonds is 0. The van der Waals surface area contributed by atoms with Gasteiger partial charge in [-0.25, -0.2) is 0 Å². The Balaban J connectivity index is 0.000000485. The van der Waals surface area contributed by atoms with E-state index in [0.29, 0.717) is 11.2 Å². The Bertz CT molecular complexity index is 441. The van der Waals surface area contributed by atoms with Crippen LogP contribution < -0.4 is 0 Å². The highest BCUT2D eigenvalue weighted by Gasteiger charge is 2.59. The molecule has 4 aliphatic rings. The normalized spacial score (nSPS) is 48.6. The van der Waals surface area contributed by atoms with E-state index in [9.17, 15) is 4.79 Å². The van der Waals surface area contributed by atoms with E-state index in [0.717, 1.165) is 30.1 Å². The summed E-state index contributed by atoms with van der Waals surface area (Å²) in [6, 6.07) is 0. The van der Waals surface area contributed by atoms with E-state index in [4.69, 9.17) is 0 Å². The first-order valence-electron chi connectivity index (χ1n) is 10.5. The van der Waals surface area contributed by atoms with Crippen molar-refractivity contribution in [2.24, 2.45) is 34.5 Å². The zero-order valence-electron chi connectivity index (χ0n) is 16.0. The minimum absolute atomic E-state index is 0.0685. The first-order chi connectivity index (χ1) is 11.0. The molecule has 0 aromatic rings. The number of carbonyl (C=O) groups is 1. The average molecular weight is 319 g/mol. The largest absolute Gasteiger partial charge is 0.299 e. The molecule has 0 heterocycles. The maximum atomic E-state index is 12.4. The van der Waals surface area contributed by atoms with Crippen LogP contribution in [-0.2, 0) is 4.79 Å². The molecule has 4 fully saturated rings. The van der Waals surface area contributed by atoms with E-state index < -0.39 is 0 Å². The fraction of sp³-hybridized carbons (Fsp3) is 0.955. The standard InChI is InChI=1S/C19H30O.C3H8/c1-18-11-4-3-5-13(18)6-7-14-15-8-9-17(20)19(15,2)12-10-16(14)18;1-3-2/h13-16H,3-12H2,1-2H3;3H2,1-2H3. The molecule has 0 aromatic heterocycles. The van der Waals surface area contributed by atoms with Gasteiger partial charge in [0.25, 0.3) is 0 Å². The minimum atomic E-state index is 0.0685. The van der Waals surface area contributed by atoms with Crippen LogP contribution in [0.4, 0.5) is 0 Å². The quantitative estimate of drug-likeness (QED) is 0.504. The molecule has 1 heteroatoms. The first-order valence-corrected chi connectivity index (χ1v) is 10.5. The fourth-order valence-electron chi connectivity index (χ4n) is 7.07. The third kappa shape index (κ3) is 2.71. The molecule has 0 aromatic carbocycles. The molecular formula is C22H38O. The zero-order chi connectivity index (χ0) is 16.7. The molecule has 0 radical (unpaired) electrons. The van der Waals surface area contributed by atoms with Gasteiger partial charge in [0.05, 0.1) is 0 Å². The Labute approximate surface area is 144 Å². The third-order valence-corrected chi connectivity index (χ3v) is 8.29. The van der Waals surface area contributed by atoms with E-state index in [1.807, 2.05) is 0 Å². The van der Waals surface area contributed by atoms with Crippen molar-refractivity contribution in [2.75, 3.05) is 0 Å². The summed E-state index contributed by atoms with van der Waals surface area (Å²) in [6.45, 7) is 9.17. The van der Waals surface area contributed by atoms with Crippen LogP contribution >= 0.6 is 0 Å². The van der Waals surface area contributed by atoms with E-state index in [1.54, 1.807) is 0 Å². The van der Waals surface area contributed by atoms with Crippen LogP contribution in [0.5, 0.6) is 0 Å². The molecule has 0 amide bonds. The summed E-state index contributed by atoms with van der Waals surface area (Å²) in [5, 5.41) is 0. The van der Waals surface area contributed by atoms with Crippen molar-refractivity contribution in [1.82, 2.24) is 0 Å². The molecule has 23 heavy (non-hydrogen) atoms. The van der Waals surface area contributed by atoms with Gasteiger partial charge in [-0.05, 0) is 74.0 Å². The second-order valence-corrected chi connectivity index (χ2v) is 9.53. The van der Waals surface area contributed by atoms with Crippen molar-refractivity contribution in [2.45, 2.75) is 98.3 Å². The van der Waals surface area contributed by atoms with E-state index in [-0.39, 0.29) is 5.41 Å². The number of Topliss-reactive ketones (excluding diaryl/α,β-unsaturated/α-hetero) is 1. The summed E-state index contributed by atoms with van der Waals surface area (Å²) in [6.07, 6.45) is 14.6. The highest BCUT2D eigenvalue weighted by molar-refractivity contribution is 5.87. The Hall–Kier alpha value is -0.330. The van der Waals surface area contributed by atoms with Crippen molar-refractivity contribution in [3.05, 3.63) is 0 Å². The van der Waals surface area contributed by atoms with Crippen LogP contribution in [-0.4, -0.2) is 5.78 Å². The number of ketones is 1. The molecule has 132 valence electrons. The Morgan fingerprint density at radius 2 is 1.65 bits per heavy atom. The van der Waals surface area contributed by atoms with Crippen LogP contribution in [0, 0.1) is 34.5 Å². The summed E-state index contributed by atoms with van der Waals surface area (Å²) < 4.78 is 0. The lowest BCUT2D eigenvalue weighted by Gasteiger charge is -2.59. The second kappa shape index (κ2) is 6.52. The molecular weight excluding hydrogens is 280 g/mol. The lowest BCUT2D eigenvalue weighted by Crippen LogP contribution is -2.52. The summed E-state index contributed by atoms with van der Waals surface area (Å²) >= 11 is 0. The number of hydrogen-bond donors (Lipinski definition) is 0. The van der Waals surface area contributed by atoms with Gasteiger partial charge in [0.2, 0.25) is 0 Å².